The van der Waals surface area contributed by atoms with E-state index in [1.54, 1.807) is 32.0 Å². The van der Waals surface area contributed by atoms with Crippen LogP contribution >= 0.6 is 15.9 Å². The Balaban J connectivity index is 1.45. The van der Waals surface area contributed by atoms with Crippen LogP contribution in [-0.2, 0) is 31.4 Å². The first kappa shape index (κ1) is 31.8. The first-order chi connectivity index (χ1) is 22.9. The number of hydrogen-bond donors (Lipinski definition) is 3. The number of nitro benzene ring substituents is 1. The van der Waals surface area contributed by atoms with E-state index in [-0.39, 0.29) is 29.7 Å². The molecule has 0 radical (unpaired) electrons. The standard InChI is InChI=1S/C32H28BrN5O9S/c1-15(2)24-29-35-26(30(40)45-3)27(47-29)32-17-7-6-8-19(33)25(17)36-31(32)46-22-12-11-16(13-18(22)32)14-20(28(39)34-24)37-48(43,44)23-10-5-4-9-21(23)38(41)42/h4-13,15,20,24,31,36-37H,14H2,1-3H3,(H,34,39)/t20-,24-,31+,32-/m0/s1. The second-order valence-corrected chi connectivity index (χ2v) is 14.5. The van der Waals surface area contributed by atoms with Crippen molar-refractivity contribution < 1.29 is 36.8 Å². The minimum Gasteiger partial charge on any atom is -0.469 e. The van der Waals surface area contributed by atoms with Gasteiger partial charge in [0, 0.05) is 21.7 Å². The van der Waals surface area contributed by atoms with Gasteiger partial charge in [-0.2, -0.15) is 4.72 Å². The molecule has 0 fully saturated rings. The first-order valence-electron chi connectivity index (χ1n) is 14.9. The first-order valence-corrected chi connectivity index (χ1v) is 17.2. The Kier molecular flexibility index (Phi) is 7.56. The Labute approximate surface area is 282 Å². The number of methoxy groups -OCH3 is 1. The van der Waals surface area contributed by atoms with Crippen LogP contribution in [0.1, 0.15) is 58.7 Å². The lowest BCUT2D eigenvalue weighted by atomic mass is 9.72. The second kappa shape index (κ2) is 11.4. The van der Waals surface area contributed by atoms with Gasteiger partial charge in [0.15, 0.2) is 22.6 Å². The van der Waals surface area contributed by atoms with E-state index in [2.05, 4.69) is 36.3 Å². The van der Waals surface area contributed by atoms with Crippen molar-refractivity contribution in [2.24, 2.45) is 5.92 Å². The van der Waals surface area contributed by atoms with Gasteiger partial charge in [-0.15, -0.1) is 0 Å². The van der Waals surface area contributed by atoms with Crippen molar-refractivity contribution in [2.45, 2.75) is 48.9 Å². The highest BCUT2D eigenvalue weighted by atomic mass is 79.9. The molecule has 1 spiro atoms. The number of aromatic nitrogens is 1. The van der Waals surface area contributed by atoms with Gasteiger partial charge >= 0.3 is 5.97 Å². The van der Waals surface area contributed by atoms with Gasteiger partial charge in [-0.25, -0.2) is 18.2 Å². The maximum absolute atomic E-state index is 14.0. The quantitative estimate of drug-likeness (QED) is 0.145. The third kappa shape index (κ3) is 4.77. The van der Waals surface area contributed by atoms with Crippen LogP contribution in [0.25, 0.3) is 0 Å². The fourth-order valence-electron chi connectivity index (χ4n) is 6.64. The molecule has 0 saturated carbocycles. The summed E-state index contributed by atoms with van der Waals surface area (Å²) in [6.07, 6.45) is -0.928. The second-order valence-electron chi connectivity index (χ2n) is 12.0. The number of anilines is 1. The summed E-state index contributed by atoms with van der Waals surface area (Å²) in [7, 11) is -3.36. The number of carbonyl (C=O) groups excluding carboxylic acids is 2. The van der Waals surface area contributed by atoms with Gasteiger partial charge in [0.05, 0.1) is 17.7 Å². The monoisotopic (exact) mass is 737 g/mol. The zero-order valence-electron chi connectivity index (χ0n) is 25.6. The van der Waals surface area contributed by atoms with Crippen molar-refractivity contribution in [3.8, 4) is 5.75 Å². The summed E-state index contributed by atoms with van der Waals surface area (Å²) in [4.78, 5) is 42.3. The number of amides is 1. The van der Waals surface area contributed by atoms with E-state index in [4.69, 9.17) is 13.9 Å². The Morgan fingerprint density at radius 3 is 2.65 bits per heavy atom. The van der Waals surface area contributed by atoms with Gasteiger partial charge in [-0.3, -0.25) is 14.9 Å². The highest BCUT2D eigenvalue weighted by Gasteiger charge is 2.61. The molecule has 3 aliphatic heterocycles. The summed E-state index contributed by atoms with van der Waals surface area (Å²) < 4.78 is 48.6. The molecule has 4 heterocycles. The zero-order chi connectivity index (χ0) is 34.1. The normalized spacial score (nSPS) is 22.4. The highest BCUT2D eigenvalue weighted by molar-refractivity contribution is 9.10. The number of fused-ring (bicyclic) bond motifs is 4. The Bertz CT molecular complexity index is 2140. The predicted octanol–water partition coefficient (Wildman–Crippen LogP) is 4.33. The zero-order valence-corrected chi connectivity index (χ0v) is 28.0. The van der Waals surface area contributed by atoms with Crippen LogP contribution < -0.4 is 20.1 Å². The number of benzene rings is 3. The lowest BCUT2D eigenvalue weighted by Gasteiger charge is -2.28. The van der Waals surface area contributed by atoms with E-state index in [1.807, 2.05) is 18.2 Å². The van der Waals surface area contributed by atoms with Crippen LogP contribution in [0.2, 0.25) is 0 Å². The van der Waals surface area contributed by atoms with Crippen molar-refractivity contribution in [1.29, 1.82) is 0 Å². The predicted molar refractivity (Wildman–Crippen MR) is 173 cm³/mol. The van der Waals surface area contributed by atoms with E-state index in [0.29, 0.717) is 22.6 Å². The number of hydrogen-bond acceptors (Lipinski definition) is 11. The minimum atomic E-state index is -4.59. The molecule has 0 aliphatic carbocycles. The number of sulfonamides is 1. The average Bonchev–Trinajstić information content (AvgIpc) is 3.72. The lowest BCUT2D eigenvalue weighted by Crippen LogP contribution is -2.49. The summed E-state index contributed by atoms with van der Waals surface area (Å²) in [5, 5.41) is 18.0. The molecule has 3 aromatic carbocycles. The van der Waals surface area contributed by atoms with E-state index in [0.717, 1.165) is 22.2 Å². The molecule has 4 atom stereocenters. The molecule has 0 saturated heterocycles. The van der Waals surface area contributed by atoms with Crippen molar-refractivity contribution in [2.75, 3.05) is 12.4 Å². The molecule has 14 nitrogen and oxygen atoms in total. The summed E-state index contributed by atoms with van der Waals surface area (Å²) in [6, 6.07) is 13.3. The third-order valence-corrected chi connectivity index (χ3v) is 11.0. The Morgan fingerprint density at radius 1 is 1.15 bits per heavy atom. The van der Waals surface area contributed by atoms with E-state index in [9.17, 15) is 28.1 Å². The number of carbonyl (C=O) groups is 2. The van der Waals surface area contributed by atoms with Gasteiger partial charge in [0.1, 0.15) is 23.2 Å². The molecule has 1 amide bonds. The van der Waals surface area contributed by atoms with E-state index >= 15 is 0 Å². The number of rotatable bonds is 6. The van der Waals surface area contributed by atoms with Crippen LogP contribution in [0.4, 0.5) is 11.4 Å². The lowest BCUT2D eigenvalue weighted by molar-refractivity contribution is -0.387. The summed E-state index contributed by atoms with van der Waals surface area (Å²) in [5.41, 5.74) is 0.551. The van der Waals surface area contributed by atoms with Crippen molar-refractivity contribution in [1.82, 2.24) is 15.0 Å². The number of ether oxygens (including phenoxy) is 2. The van der Waals surface area contributed by atoms with Crippen LogP contribution in [0, 0.1) is 16.0 Å². The Hall–Kier alpha value is -4.80. The number of nitrogens with zero attached hydrogens (tertiary/aromatic N) is 2. The number of oxazole rings is 1. The molecule has 3 aliphatic rings. The fraction of sp³-hybridized carbons (Fsp3) is 0.281. The molecular weight excluding hydrogens is 710 g/mol. The summed E-state index contributed by atoms with van der Waals surface area (Å²) in [6.45, 7) is 3.60. The molecule has 4 aromatic rings. The van der Waals surface area contributed by atoms with Gasteiger partial charge in [0.25, 0.3) is 5.69 Å². The van der Waals surface area contributed by atoms with Crippen LogP contribution in [0.5, 0.6) is 5.75 Å². The molecule has 7 rings (SSSR count). The fourth-order valence-corrected chi connectivity index (χ4v) is 8.49. The molecule has 16 heteroatoms. The van der Waals surface area contributed by atoms with E-state index in [1.165, 1.54) is 19.2 Å². The largest absolute Gasteiger partial charge is 0.469 e. The molecule has 4 bridgehead atoms. The topological polar surface area (TPSA) is 192 Å². The Morgan fingerprint density at radius 2 is 1.92 bits per heavy atom. The number of nitro groups is 1. The maximum atomic E-state index is 14.0. The number of esters is 1. The number of para-hydroxylation sites is 2. The van der Waals surface area contributed by atoms with Crippen LogP contribution in [0.15, 0.2) is 74.4 Å². The third-order valence-electron chi connectivity index (χ3n) is 8.84. The van der Waals surface area contributed by atoms with E-state index < -0.39 is 61.1 Å². The highest BCUT2D eigenvalue weighted by Crippen LogP contribution is 2.59. The summed E-state index contributed by atoms with van der Waals surface area (Å²) in [5.74, 6) is -1.24. The van der Waals surface area contributed by atoms with Crippen LogP contribution in [-0.4, -0.2) is 49.6 Å². The SMILES string of the molecule is COC(=O)c1nc2oc1[C@]13c4cc(ccc4O[C@H]1Nc1c(Br)cccc13)C[C@H](NS(=O)(=O)c1ccccc1[N+](=O)[O-])C(=O)N[C@H]2C(C)C. The van der Waals surface area contributed by atoms with Crippen molar-refractivity contribution in [3.63, 3.8) is 0 Å². The van der Waals surface area contributed by atoms with Gasteiger partial charge in [-0.1, -0.05) is 50.2 Å². The van der Waals surface area contributed by atoms with Crippen molar-refractivity contribution in [3.05, 3.63) is 109 Å². The average molecular weight is 739 g/mol. The van der Waals surface area contributed by atoms with Crippen molar-refractivity contribution >= 4 is 49.2 Å². The molecule has 48 heavy (non-hydrogen) atoms. The number of halogens is 1. The molecule has 248 valence electrons. The molecule has 0 unspecified atom stereocenters. The summed E-state index contributed by atoms with van der Waals surface area (Å²) >= 11 is 3.61. The smallest absolute Gasteiger partial charge is 0.360 e. The molecule has 3 N–H and O–H groups in total. The number of nitrogens with one attached hydrogen (secondary N) is 3. The maximum Gasteiger partial charge on any atom is 0.360 e. The van der Waals surface area contributed by atoms with Gasteiger partial charge in [0.2, 0.25) is 21.8 Å². The molecule has 1 aromatic heterocycles. The minimum absolute atomic E-state index is 0.00388. The van der Waals surface area contributed by atoms with Gasteiger partial charge < -0.3 is 24.5 Å². The van der Waals surface area contributed by atoms with Crippen LogP contribution in [0.3, 0.4) is 0 Å². The van der Waals surface area contributed by atoms with Gasteiger partial charge in [-0.05, 0) is 52.0 Å². The molecular formula is C32H28BrN5O9S.